The number of ether oxygens (including phenoxy) is 1. The van der Waals surface area contributed by atoms with E-state index in [1.807, 2.05) is 0 Å². The van der Waals surface area contributed by atoms with E-state index in [1.165, 1.54) is 0 Å². The number of rotatable bonds is 5. The largest absolute Gasteiger partial charge is 0.461 e. The molecular formula is C11H9BrF3N3O4. The van der Waals surface area contributed by atoms with E-state index >= 15 is 0 Å². The Morgan fingerprint density at radius 2 is 2.14 bits per heavy atom. The van der Waals surface area contributed by atoms with Gasteiger partial charge < -0.3 is 4.74 Å². The third-order valence-electron chi connectivity index (χ3n) is 2.24. The molecule has 0 saturated heterocycles. The fourth-order valence-electron chi connectivity index (χ4n) is 1.30. The number of alkyl halides is 3. The van der Waals surface area contributed by atoms with Gasteiger partial charge in [0.15, 0.2) is 0 Å². The molecular weight excluding hydrogens is 375 g/mol. The van der Waals surface area contributed by atoms with E-state index in [4.69, 9.17) is 0 Å². The van der Waals surface area contributed by atoms with Gasteiger partial charge in [0.1, 0.15) is 5.69 Å². The molecule has 0 radical (unpaired) electrons. The van der Waals surface area contributed by atoms with Crippen molar-refractivity contribution in [2.45, 2.75) is 13.1 Å². The smallest absolute Gasteiger partial charge is 0.416 e. The molecule has 1 rings (SSSR count). The molecule has 1 aromatic rings. The minimum Gasteiger partial charge on any atom is -0.461 e. The van der Waals surface area contributed by atoms with Crippen molar-refractivity contribution in [2.24, 2.45) is 5.10 Å². The minimum absolute atomic E-state index is 0.0872. The Morgan fingerprint density at radius 1 is 1.50 bits per heavy atom. The number of hydrogen-bond acceptors (Lipinski definition) is 6. The highest BCUT2D eigenvalue weighted by molar-refractivity contribution is 9.19. The molecule has 0 fully saturated rings. The second-order valence-corrected chi connectivity index (χ2v) is 4.47. The Hall–Kier alpha value is -2.17. The number of nitrogens with one attached hydrogen (secondary N) is 1. The summed E-state index contributed by atoms with van der Waals surface area (Å²) in [5, 5.41) is 14.3. The number of hydrazone groups is 1. The van der Waals surface area contributed by atoms with Crippen molar-refractivity contribution in [3.05, 3.63) is 33.9 Å². The van der Waals surface area contributed by atoms with E-state index < -0.39 is 28.3 Å². The summed E-state index contributed by atoms with van der Waals surface area (Å²) in [5.74, 6) is -0.829. The minimum atomic E-state index is -4.71. The second-order valence-electron chi connectivity index (χ2n) is 3.72. The van der Waals surface area contributed by atoms with Gasteiger partial charge in [-0.3, -0.25) is 15.5 Å². The van der Waals surface area contributed by atoms with Crippen LogP contribution in [0, 0.1) is 10.1 Å². The lowest BCUT2D eigenvalue weighted by molar-refractivity contribution is -0.384. The Morgan fingerprint density at radius 3 is 2.64 bits per heavy atom. The van der Waals surface area contributed by atoms with Crippen LogP contribution < -0.4 is 5.43 Å². The van der Waals surface area contributed by atoms with Crippen molar-refractivity contribution < 1.29 is 27.6 Å². The lowest BCUT2D eigenvalue weighted by atomic mass is 10.1. The molecule has 1 aromatic carbocycles. The van der Waals surface area contributed by atoms with Crippen molar-refractivity contribution in [1.82, 2.24) is 0 Å². The van der Waals surface area contributed by atoms with Crippen LogP contribution in [0.1, 0.15) is 12.5 Å². The standard InChI is InChI=1S/C11H9BrF3N3O4/c1-2-22-10(19)9(12)17-16-7-4-3-6(11(13,14)15)5-8(7)18(20)21/h3-5,16H,2H2,1H3/b17-9+. The molecule has 0 saturated carbocycles. The zero-order valence-corrected chi connectivity index (χ0v) is 12.6. The molecule has 0 heterocycles. The van der Waals surface area contributed by atoms with E-state index in [0.29, 0.717) is 12.1 Å². The van der Waals surface area contributed by atoms with Crippen LogP contribution in [0.15, 0.2) is 23.3 Å². The summed E-state index contributed by atoms with van der Waals surface area (Å²) < 4.78 is 41.9. The fourth-order valence-corrected chi connectivity index (χ4v) is 1.50. The van der Waals surface area contributed by atoms with Crippen molar-refractivity contribution in [3.8, 4) is 0 Å². The maximum atomic E-state index is 12.5. The van der Waals surface area contributed by atoms with Crippen LogP contribution in [0.4, 0.5) is 24.5 Å². The quantitative estimate of drug-likeness (QED) is 0.364. The lowest BCUT2D eigenvalue weighted by Crippen LogP contribution is -2.13. The third kappa shape index (κ3) is 4.69. The third-order valence-corrected chi connectivity index (χ3v) is 2.74. The number of esters is 1. The number of nitrogens with zero attached hydrogens (tertiary/aromatic N) is 2. The Balaban J connectivity index is 3.08. The molecule has 0 aliphatic heterocycles. The Kier molecular flexibility index (Phi) is 5.85. The predicted molar refractivity (Wildman–Crippen MR) is 74.7 cm³/mol. The number of halogens is 4. The van der Waals surface area contributed by atoms with Crippen LogP contribution in [0.2, 0.25) is 0 Å². The zero-order chi connectivity index (χ0) is 16.9. The van der Waals surface area contributed by atoms with Gasteiger partial charge in [0.25, 0.3) is 5.69 Å². The average molecular weight is 384 g/mol. The molecule has 11 heteroatoms. The van der Waals surface area contributed by atoms with Gasteiger partial charge in [0.2, 0.25) is 4.62 Å². The van der Waals surface area contributed by atoms with Crippen molar-refractivity contribution in [1.29, 1.82) is 0 Å². The first kappa shape index (κ1) is 17.9. The number of carbonyl (C=O) groups excluding carboxylic acids is 1. The molecule has 120 valence electrons. The maximum absolute atomic E-state index is 12.5. The topological polar surface area (TPSA) is 93.8 Å². The first-order chi connectivity index (χ1) is 10.2. The van der Waals surface area contributed by atoms with E-state index in [9.17, 15) is 28.1 Å². The molecule has 0 bridgehead atoms. The maximum Gasteiger partial charge on any atom is 0.416 e. The molecule has 0 aliphatic carbocycles. The highest BCUT2D eigenvalue weighted by Gasteiger charge is 2.33. The van der Waals surface area contributed by atoms with Crippen LogP contribution in [0.5, 0.6) is 0 Å². The Labute approximate surface area is 130 Å². The average Bonchev–Trinajstić information content (AvgIpc) is 2.43. The summed E-state index contributed by atoms with van der Waals surface area (Å²) in [7, 11) is 0. The summed E-state index contributed by atoms with van der Waals surface area (Å²) in [6.07, 6.45) is -4.71. The second kappa shape index (κ2) is 7.20. The number of hydrogen-bond donors (Lipinski definition) is 1. The van der Waals surface area contributed by atoms with Crippen LogP contribution in [-0.4, -0.2) is 22.1 Å². The molecule has 0 atom stereocenters. The highest BCUT2D eigenvalue weighted by atomic mass is 79.9. The molecule has 7 nitrogen and oxygen atoms in total. The van der Waals surface area contributed by atoms with E-state index in [1.54, 1.807) is 6.92 Å². The van der Waals surface area contributed by atoms with Gasteiger partial charge in [0.05, 0.1) is 17.1 Å². The first-order valence-corrected chi connectivity index (χ1v) is 6.48. The van der Waals surface area contributed by atoms with Crippen molar-refractivity contribution in [3.63, 3.8) is 0 Å². The number of benzene rings is 1. The van der Waals surface area contributed by atoms with Gasteiger partial charge >= 0.3 is 12.1 Å². The van der Waals surface area contributed by atoms with Crippen molar-refractivity contribution in [2.75, 3.05) is 12.0 Å². The monoisotopic (exact) mass is 383 g/mol. The van der Waals surface area contributed by atoms with Gasteiger partial charge in [-0.25, -0.2) is 4.79 Å². The zero-order valence-electron chi connectivity index (χ0n) is 11.0. The normalized spacial score (nSPS) is 12.0. The molecule has 0 aromatic heterocycles. The van der Waals surface area contributed by atoms with Crippen LogP contribution >= 0.6 is 15.9 Å². The van der Waals surface area contributed by atoms with Gasteiger partial charge in [-0.1, -0.05) is 0 Å². The summed E-state index contributed by atoms with van der Waals surface area (Å²) in [6.45, 7) is 1.65. The SMILES string of the molecule is CCOC(=O)/C(Br)=N\Nc1ccc(C(F)(F)F)cc1[N+](=O)[O-]. The fraction of sp³-hybridized carbons (Fsp3) is 0.273. The highest BCUT2D eigenvalue weighted by Crippen LogP contribution is 2.34. The van der Waals surface area contributed by atoms with Crippen LogP contribution in [-0.2, 0) is 15.7 Å². The first-order valence-electron chi connectivity index (χ1n) is 5.68. The number of nitro groups is 1. The molecule has 0 aliphatic rings. The summed E-state index contributed by atoms with van der Waals surface area (Å²) in [6, 6.07) is 1.87. The summed E-state index contributed by atoms with van der Waals surface area (Å²) in [4.78, 5) is 21.1. The van der Waals surface area contributed by atoms with Crippen molar-refractivity contribution >= 4 is 37.9 Å². The van der Waals surface area contributed by atoms with Gasteiger partial charge in [0, 0.05) is 6.07 Å². The van der Waals surface area contributed by atoms with E-state index in [-0.39, 0.29) is 16.9 Å². The Bertz CT molecular complexity index is 619. The van der Waals surface area contributed by atoms with Gasteiger partial charge in [-0.05, 0) is 35.0 Å². The number of nitro benzene ring substituents is 1. The number of anilines is 1. The molecule has 1 N–H and O–H groups in total. The molecule has 0 amide bonds. The molecule has 0 unspecified atom stereocenters. The summed E-state index contributed by atoms with van der Waals surface area (Å²) >= 11 is 2.77. The van der Waals surface area contributed by atoms with E-state index in [0.717, 1.165) is 6.07 Å². The molecule has 0 spiro atoms. The van der Waals surface area contributed by atoms with Crippen LogP contribution in [0.25, 0.3) is 0 Å². The summed E-state index contributed by atoms with van der Waals surface area (Å²) in [5.41, 5.74) is -0.162. The van der Waals surface area contributed by atoms with Gasteiger partial charge in [-0.15, -0.1) is 0 Å². The van der Waals surface area contributed by atoms with Gasteiger partial charge in [-0.2, -0.15) is 18.3 Å². The lowest BCUT2D eigenvalue weighted by Gasteiger charge is -2.08. The molecule has 22 heavy (non-hydrogen) atoms. The predicted octanol–water partition coefficient (Wildman–Crippen LogP) is 3.30. The number of carbonyl (C=O) groups is 1. The van der Waals surface area contributed by atoms with Crippen LogP contribution in [0.3, 0.4) is 0 Å². The van der Waals surface area contributed by atoms with E-state index in [2.05, 4.69) is 31.2 Å².